The smallest absolute Gasteiger partial charge is 0.267 e. The molecule has 0 spiro atoms. The first-order chi connectivity index (χ1) is 6.02. The Hall–Kier alpha value is -1.45. The van der Waals surface area contributed by atoms with Crippen molar-refractivity contribution in [2.75, 3.05) is 0 Å². The van der Waals surface area contributed by atoms with E-state index in [1.54, 1.807) is 0 Å². The van der Waals surface area contributed by atoms with Crippen LogP contribution in [0.5, 0.6) is 0 Å². The van der Waals surface area contributed by atoms with Gasteiger partial charge in [-0.1, -0.05) is 0 Å². The van der Waals surface area contributed by atoms with Crippen molar-refractivity contribution in [3.8, 4) is 0 Å². The van der Waals surface area contributed by atoms with Crippen molar-refractivity contribution in [1.82, 2.24) is 9.78 Å². The fraction of sp³-hybridized carbons (Fsp3) is 0.444. The lowest BCUT2D eigenvalue weighted by Crippen LogP contribution is -2.25. The number of hydrogen-bond acceptors (Lipinski definition) is 3. The molecular weight excluding hydrogens is 168 g/mol. The van der Waals surface area contributed by atoms with Crippen LogP contribution in [0.3, 0.4) is 0 Å². The van der Waals surface area contributed by atoms with Crippen molar-refractivity contribution in [2.45, 2.75) is 26.8 Å². The van der Waals surface area contributed by atoms with Crippen molar-refractivity contribution in [3.63, 3.8) is 0 Å². The molecule has 4 heteroatoms. The Morgan fingerprint density at radius 1 is 1.46 bits per heavy atom. The second-order valence-electron chi connectivity index (χ2n) is 3.15. The number of rotatable bonds is 2. The highest BCUT2D eigenvalue weighted by Gasteiger charge is 2.06. The van der Waals surface area contributed by atoms with E-state index in [-0.39, 0.29) is 17.4 Å². The molecule has 0 N–H and O–H groups in total. The first-order valence-corrected chi connectivity index (χ1v) is 4.13. The second-order valence-corrected chi connectivity index (χ2v) is 3.15. The maximum atomic E-state index is 11.2. The Morgan fingerprint density at radius 3 is 2.54 bits per heavy atom. The van der Waals surface area contributed by atoms with Gasteiger partial charge in [-0.05, 0) is 19.9 Å². The Kier molecular flexibility index (Phi) is 2.60. The first kappa shape index (κ1) is 9.64. The molecule has 0 atom stereocenters. The molecule has 4 nitrogen and oxygen atoms in total. The van der Waals surface area contributed by atoms with E-state index in [1.165, 1.54) is 23.7 Å². The van der Waals surface area contributed by atoms with Crippen molar-refractivity contribution >= 4 is 5.78 Å². The van der Waals surface area contributed by atoms with E-state index in [1.807, 2.05) is 13.8 Å². The minimum atomic E-state index is -0.181. The molecule has 0 aliphatic rings. The van der Waals surface area contributed by atoms with Gasteiger partial charge >= 0.3 is 0 Å². The summed E-state index contributed by atoms with van der Waals surface area (Å²) in [5.41, 5.74) is 0.147. The number of aromatic nitrogens is 2. The number of carbonyl (C=O) groups is 1. The lowest BCUT2D eigenvalue weighted by atomic mass is 10.3. The van der Waals surface area contributed by atoms with Gasteiger partial charge in [0.1, 0.15) is 5.69 Å². The minimum absolute atomic E-state index is 0.0215. The summed E-state index contributed by atoms with van der Waals surface area (Å²) >= 11 is 0. The molecular formula is C9H12N2O2. The van der Waals surface area contributed by atoms with Crippen LogP contribution in [0.25, 0.3) is 0 Å². The molecule has 70 valence electrons. The van der Waals surface area contributed by atoms with Gasteiger partial charge in [0.15, 0.2) is 5.78 Å². The summed E-state index contributed by atoms with van der Waals surface area (Å²) < 4.78 is 1.30. The topological polar surface area (TPSA) is 52.0 Å². The molecule has 13 heavy (non-hydrogen) atoms. The second kappa shape index (κ2) is 3.51. The van der Waals surface area contributed by atoms with Gasteiger partial charge in [0.2, 0.25) is 0 Å². The summed E-state index contributed by atoms with van der Waals surface area (Å²) in [6, 6.07) is 2.79. The standard InChI is InChI=1S/C9H12N2O2/c1-6(2)11-9(13)5-4-8(10-11)7(3)12/h4-6H,1-3H3. The van der Waals surface area contributed by atoms with Gasteiger partial charge in [-0.3, -0.25) is 9.59 Å². The van der Waals surface area contributed by atoms with Gasteiger partial charge in [-0.2, -0.15) is 5.10 Å². The van der Waals surface area contributed by atoms with E-state index < -0.39 is 0 Å². The van der Waals surface area contributed by atoms with Crippen LogP contribution in [0, 0.1) is 0 Å². The monoisotopic (exact) mass is 180 g/mol. The van der Waals surface area contributed by atoms with Gasteiger partial charge in [0.05, 0.1) is 6.04 Å². The summed E-state index contributed by atoms with van der Waals surface area (Å²) in [5.74, 6) is -0.130. The number of Topliss-reactive ketones (excluding diaryl/α,β-unsaturated/α-hetero) is 1. The van der Waals surface area contributed by atoms with Crippen LogP contribution in [0.4, 0.5) is 0 Å². The maximum absolute atomic E-state index is 11.2. The highest BCUT2D eigenvalue weighted by molar-refractivity contribution is 5.91. The summed E-state index contributed by atoms with van der Waals surface area (Å²) in [5, 5.41) is 3.93. The summed E-state index contributed by atoms with van der Waals surface area (Å²) in [6.45, 7) is 5.12. The molecule has 1 aromatic rings. The van der Waals surface area contributed by atoms with Crippen LogP contribution in [-0.2, 0) is 0 Å². The lowest BCUT2D eigenvalue weighted by molar-refractivity contribution is 0.101. The molecule has 0 saturated heterocycles. The molecule has 0 radical (unpaired) electrons. The van der Waals surface area contributed by atoms with E-state index >= 15 is 0 Å². The van der Waals surface area contributed by atoms with E-state index in [0.29, 0.717) is 5.69 Å². The molecule has 1 aromatic heterocycles. The van der Waals surface area contributed by atoms with Crippen LogP contribution >= 0.6 is 0 Å². The zero-order chi connectivity index (χ0) is 10.0. The van der Waals surface area contributed by atoms with E-state index in [0.717, 1.165) is 0 Å². The Balaban J connectivity index is 3.27. The van der Waals surface area contributed by atoms with E-state index in [2.05, 4.69) is 5.10 Å². The molecule has 1 heterocycles. The highest BCUT2D eigenvalue weighted by atomic mass is 16.1. The lowest BCUT2D eigenvalue weighted by Gasteiger charge is -2.07. The number of nitrogens with zero attached hydrogens (tertiary/aromatic N) is 2. The SMILES string of the molecule is CC(=O)c1ccc(=O)n(C(C)C)n1. The molecule has 0 amide bonds. The summed E-state index contributed by atoms with van der Waals surface area (Å²) in [4.78, 5) is 22.2. The fourth-order valence-electron chi connectivity index (χ4n) is 0.983. The van der Waals surface area contributed by atoms with Gasteiger partial charge in [0, 0.05) is 13.0 Å². The van der Waals surface area contributed by atoms with Crippen molar-refractivity contribution in [1.29, 1.82) is 0 Å². The van der Waals surface area contributed by atoms with Gasteiger partial charge < -0.3 is 0 Å². The van der Waals surface area contributed by atoms with Crippen LogP contribution < -0.4 is 5.56 Å². The van der Waals surface area contributed by atoms with Crippen molar-refractivity contribution in [2.24, 2.45) is 0 Å². The van der Waals surface area contributed by atoms with Gasteiger partial charge in [-0.25, -0.2) is 4.68 Å². The predicted molar refractivity (Wildman–Crippen MR) is 48.9 cm³/mol. The normalized spacial score (nSPS) is 10.5. The predicted octanol–water partition coefficient (Wildman–Crippen LogP) is 1.03. The molecule has 0 fully saturated rings. The third kappa shape index (κ3) is 2.02. The fourth-order valence-corrected chi connectivity index (χ4v) is 0.983. The quantitative estimate of drug-likeness (QED) is 0.638. The largest absolute Gasteiger partial charge is 0.293 e. The molecule has 0 bridgehead atoms. The third-order valence-corrected chi connectivity index (χ3v) is 1.67. The number of hydrogen-bond donors (Lipinski definition) is 0. The zero-order valence-electron chi connectivity index (χ0n) is 7.94. The Morgan fingerprint density at radius 2 is 2.08 bits per heavy atom. The zero-order valence-corrected chi connectivity index (χ0v) is 7.94. The molecule has 0 aromatic carbocycles. The average molecular weight is 180 g/mol. The number of carbonyl (C=O) groups excluding carboxylic acids is 1. The summed E-state index contributed by atoms with van der Waals surface area (Å²) in [7, 11) is 0. The minimum Gasteiger partial charge on any atom is -0.293 e. The Labute approximate surface area is 76.2 Å². The highest BCUT2D eigenvalue weighted by Crippen LogP contribution is 1.98. The molecule has 0 aliphatic carbocycles. The average Bonchev–Trinajstić information content (AvgIpc) is 2.04. The molecule has 0 saturated carbocycles. The van der Waals surface area contributed by atoms with Crippen LogP contribution in [-0.4, -0.2) is 15.6 Å². The first-order valence-electron chi connectivity index (χ1n) is 4.13. The third-order valence-electron chi connectivity index (χ3n) is 1.67. The van der Waals surface area contributed by atoms with E-state index in [4.69, 9.17) is 0 Å². The Bertz CT molecular complexity index is 379. The van der Waals surface area contributed by atoms with Crippen molar-refractivity contribution < 1.29 is 4.79 Å². The van der Waals surface area contributed by atoms with Crippen LogP contribution in [0.15, 0.2) is 16.9 Å². The van der Waals surface area contributed by atoms with Gasteiger partial charge in [0.25, 0.3) is 5.56 Å². The maximum Gasteiger partial charge on any atom is 0.267 e. The molecule has 1 rings (SSSR count). The summed E-state index contributed by atoms with van der Waals surface area (Å²) in [6.07, 6.45) is 0. The molecule has 0 unspecified atom stereocenters. The molecule has 0 aliphatic heterocycles. The van der Waals surface area contributed by atoms with Gasteiger partial charge in [-0.15, -0.1) is 0 Å². The van der Waals surface area contributed by atoms with Crippen molar-refractivity contribution in [3.05, 3.63) is 28.2 Å². The van der Waals surface area contributed by atoms with E-state index in [9.17, 15) is 9.59 Å². The van der Waals surface area contributed by atoms with Crippen LogP contribution in [0.1, 0.15) is 37.3 Å². The number of ketones is 1. The van der Waals surface area contributed by atoms with Crippen LogP contribution in [0.2, 0.25) is 0 Å².